The summed E-state index contributed by atoms with van der Waals surface area (Å²) in [5.74, 6) is 1.64. The Morgan fingerprint density at radius 2 is 1.88 bits per heavy atom. The Balaban J connectivity index is 2.43. The highest BCUT2D eigenvalue weighted by molar-refractivity contribution is 4.85. The molecule has 1 fully saturated rings. The lowest BCUT2D eigenvalue weighted by Gasteiger charge is -2.37. The molecule has 2 heteroatoms. The first-order chi connectivity index (χ1) is 7.96. The molecule has 0 amide bonds. The Morgan fingerprint density at radius 1 is 1.24 bits per heavy atom. The number of ether oxygens (including phenoxy) is 1. The first-order valence-electron chi connectivity index (χ1n) is 7.33. The maximum atomic E-state index is 5.75. The van der Waals surface area contributed by atoms with Gasteiger partial charge in [0, 0.05) is 19.2 Å². The molecule has 2 unspecified atom stereocenters. The molecule has 0 radical (unpaired) electrons. The van der Waals surface area contributed by atoms with E-state index >= 15 is 0 Å². The van der Waals surface area contributed by atoms with Crippen molar-refractivity contribution in [2.75, 3.05) is 13.2 Å². The summed E-state index contributed by atoms with van der Waals surface area (Å²) in [6.07, 6.45) is 5.53. The van der Waals surface area contributed by atoms with Gasteiger partial charge in [-0.25, -0.2) is 0 Å². The van der Waals surface area contributed by atoms with E-state index < -0.39 is 0 Å². The van der Waals surface area contributed by atoms with Crippen molar-refractivity contribution >= 4 is 0 Å². The second-order valence-electron chi connectivity index (χ2n) is 6.37. The van der Waals surface area contributed by atoms with E-state index in [1.807, 2.05) is 0 Å². The van der Waals surface area contributed by atoms with E-state index in [1.165, 1.54) is 25.7 Å². The molecule has 0 aromatic rings. The van der Waals surface area contributed by atoms with Gasteiger partial charge in [-0.2, -0.15) is 0 Å². The minimum absolute atomic E-state index is 0.0340. The van der Waals surface area contributed by atoms with Crippen molar-refractivity contribution in [3.63, 3.8) is 0 Å². The van der Waals surface area contributed by atoms with Crippen LogP contribution in [-0.4, -0.2) is 24.8 Å². The minimum atomic E-state index is -0.0340. The van der Waals surface area contributed by atoms with E-state index in [0.717, 1.165) is 25.0 Å². The fourth-order valence-electron chi connectivity index (χ4n) is 3.03. The van der Waals surface area contributed by atoms with Crippen LogP contribution in [0.25, 0.3) is 0 Å². The van der Waals surface area contributed by atoms with E-state index in [-0.39, 0.29) is 5.60 Å². The predicted octanol–water partition coefficient (Wildman–Crippen LogP) is 3.61. The minimum Gasteiger partial charge on any atom is -0.375 e. The van der Waals surface area contributed by atoms with Gasteiger partial charge in [-0.15, -0.1) is 0 Å². The van der Waals surface area contributed by atoms with E-state index in [0.29, 0.717) is 6.04 Å². The maximum Gasteiger partial charge on any atom is 0.0750 e. The highest BCUT2D eigenvalue weighted by Crippen LogP contribution is 2.30. The molecule has 1 saturated carbocycles. The van der Waals surface area contributed by atoms with E-state index in [4.69, 9.17) is 4.74 Å². The Bertz CT molecular complexity index is 213. The van der Waals surface area contributed by atoms with Gasteiger partial charge in [0.05, 0.1) is 5.60 Å². The van der Waals surface area contributed by atoms with Crippen molar-refractivity contribution in [1.29, 1.82) is 0 Å². The first kappa shape index (κ1) is 15.0. The molecule has 0 heterocycles. The molecule has 0 aromatic carbocycles. The van der Waals surface area contributed by atoms with Gasteiger partial charge >= 0.3 is 0 Å². The summed E-state index contributed by atoms with van der Waals surface area (Å²) in [4.78, 5) is 0. The van der Waals surface area contributed by atoms with Crippen LogP contribution in [0.1, 0.15) is 60.3 Å². The molecular formula is C15H31NO. The molecule has 2 atom stereocenters. The van der Waals surface area contributed by atoms with E-state index in [9.17, 15) is 0 Å². The van der Waals surface area contributed by atoms with E-state index in [2.05, 4.69) is 39.9 Å². The monoisotopic (exact) mass is 241 g/mol. The van der Waals surface area contributed by atoms with Crippen LogP contribution in [0.5, 0.6) is 0 Å². The van der Waals surface area contributed by atoms with Crippen molar-refractivity contribution in [2.45, 2.75) is 71.9 Å². The van der Waals surface area contributed by atoms with Crippen LogP contribution in [-0.2, 0) is 4.74 Å². The molecule has 1 aliphatic carbocycles. The zero-order valence-electron chi connectivity index (χ0n) is 12.4. The Morgan fingerprint density at radius 3 is 2.47 bits per heavy atom. The van der Waals surface area contributed by atoms with Gasteiger partial charge in [0.2, 0.25) is 0 Å². The van der Waals surface area contributed by atoms with Gasteiger partial charge < -0.3 is 10.1 Å². The van der Waals surface area contributed by atoms with E-state index in [1.54, 1.807) is 0 Å². The standard InChI is InChI=1S/C15H31NO/c1-6-17-15(4,5)11-16-14-10-8-7-9-13(14)12(2)3/h12-14,16H,6-11H2,1-5H3. The van der Waals surface area contributed by atoms with Crippen molar-refractivity contribution in [3.8, 4) is 0 Å². The SMILES string of the molecule is CCOC(C)(C)CNC1CCCCC1C(C)C. The normalized spacial score (nSPS) is 26.5. The lowest BCUT2D eigenvalue weighted by molar-refractivity contribution is -0.0136. The molecule has 17 heavy (non-hydrogen) atoms. The topological polar surface area (TPSA) is 21.3 Å². The van der Waals surface area contributed by atoms with Crippen LogP contribution in [0, 0.1) is 11.8 Å². The van der Waals surface area contributed by atoms with Gasteiger partial charge in [0.25, 0.3) is 0 Å². The number of hydrogen-bond donors (Lipinski definition) is 1. The van der Waals surface area contributed by atoms with Crippen LogP contribution in [0.3, 0.4) is 0 Å². The molecular weight excluding hydrogens is 210 g/mol. The largest absolute Gasteiger partial charge is 0.375 e. The van der Waals surface area contributed by atoms with Gasteiger partial charge in [0.15, 0.2) is 0 Å². The fraction of sp³-hybridized carbons (Fsp3) is 1.00. The molecule has 0 aliphatic heterocycles. The molecule has 0 spiro atoms. The van der Waals surface area contributed by atoms with Gasteiger partial charge in [-0.05, 0) is 45.4 Å². The Hall–Kier alpha value is -0.0800. The van der Waals surface area contributed by atoms with Crippen molar-refractivity contribution in [3.05, 3.63) is 0 Å². The fourth-order valence-corrected chi connectivity index (χ4v) is 3.03. The highest BCUT2D eigenvalue weighted by atomic mass is 16.5. The lowest BCUT2D eigenvalue weighted by Crippen LogP contribution is -2.47. The second kappa shape index (κ2) is 6.75. The number of rotatable bonds is 6. The zero-order chi connectivity index (χ0) is 12.9. The Labute approximate surface area is 108 Å². The maximum absolute atomic E-state index is 5.75. The molecule has 1 rings (SSSR count). The highest BCUT2D eigenvalue weighted by Gasteiger charge is 2.29. The Kier molecular flexibility index (Phi) is 5.94. The summed E-state index contributed by atoms with van der Waals surface area (Å²) in [5.41, 5.74) is -0.0340. The molecule has 1 N–H and O–H groups in total. The molecule has 0 bridgehead atoms. The third-order valence-electron chi connectivity index (χ3n) is 4.00. The molecule has 2 nitrogen and oxygen atoms in total. The smallest absolute Gasteiger partial charge is 0.0750 e. The van der Waals surface area contributed by atoms with Crippen LogP contribution in [0.15, 0.2) is 0 Å². The van der Waals surface area contributed by atoms with Crippen LogP contribution in [0.4, 0.5) is 0 Å². The molecule has 0 aromatic heterocycles. The van der Waals surface area contributed by atoms with Crippen LogP contribution in [0.2, 0.25) is 0 Å². The summed E-state index contributed by atoms with van der Waals surface area (Å²) in [6, 6.07) is 0.698. The third-order valence-corrected chi connectivity index (χ3v) is 4.00. The average molecular weight is 241 g/mol. The molecule has 102 valence electrons. The molecule has 1 aliphatic rings. The van der Waals surface area contributed by atoms with Crippen molar-refractivity contribution in [1.82, 2.24) is 5.32 Å². The summed E-state index contributed by atoms with van der Waals surface area (Å²) >= 11 is 0. The summed E-state index contributed by atoms with van der Waals surface area (Å²) in [7, 11) is 0. The second-order valence-corrected chi connectivity index (χ2v) is 6.37. The van der Waals surface area contributed by atoms with Crippen molar-refractivity contribution in [2.24, 2.45) is 11.8 Å². The number of nitrogens with one attached hydrogen (secondary N) is 1. The quantitative estimate of drug-likeness (QED) is 0.767. The molecule has 0 saturated heterocycles. The summed E-state index contributed by atoms with van der Waals surface area (Å²) < 4.78 is 5.75. The third kappa shape index (κ3) is 4.97. The van der Waals surface area contributed by atoms with Crippen LogP contribution < -0.4 is 5.32 Å². The van der Waals surface area contributed by atoms with Gasteiger partial charge in [-0.1, -0.05) is 26.7 Å². The predicted molar refractivity (Wildman–Crippen MR) is 74.3 cm³/mol. The van der Waals surface area contributed by atoms with Gasteiger partial charge in [0.1, 0.15) is 0 Å². The first-order valence-corrected chi connectivity index (χ1v) is 7.33. The lowest BCUT2D eigenvalue weighted by atomic mass is 9.77. The summed E-state index contributed by atoms with van der Waals surface area (Å²) in [6.45, 7) is 12.9. The zero-order valence-corrected chi connectivity index (χ0v) is 12.4. The summed E-state index contributed by atoms with van der Waals surface area (Å²) in [5, 5.41) is 3.75. The van der Waals surface area contributed by atoms with Gasteiger partial charge in [-0.3, -0.25) is 0 Å². The van der Waals surface area contributed by atoms with Crippen molar-refractivity contribution < 1.29 is 4.74 Å². The average Bonchev–Trinajstić information content (AvgIpc) is 2.27. The number of hydrogen-bond acceptors (Lipinski definition) is 2. The van der Waals surface area contributed by atoms with Crippen LogP contribution >= 0.6 is 0 Å².